The second-order valence-corrected chi connectivity index (χ2v) is 8.08. The summed E-state index contributed by atoms with van der Waals surface area (Å²) in [5.74, 6) is -2.18. The average molecular weight is 448 g/mol. The van der Waals surface area contributed by atoms with Crippen molar-refractivity contribution < 1.29 is 28.7 Å². The number of ketones is 1. The first kappa shape index (κ1) is 22.8. The maximum absolute atomic E-state index is 14.7. The van der Waals surface area contributed by atoms with Gasteiger partial charge in [0.15, 0.2) is 0 Å². The zero-order valence-corrected chi connectivity index (χ0v) is 18.4. The van der Waals surface area contributed by atoms with Gasteiger partial charge in [0.05, 0.1) is 44.4 Å². The zero-order valence-electron chi connectivity index (χ0n) is 17.6. The first-order chi connectivity index (χ1) is 14.8. The molecule has 0 spiro atoms. The van der Waals surface area contributed by atoms with Gasteiger partial charge in [0.25, 0.3) is 11.7 Å². The molecule has 2 aromatic carbocycles. The molecule has 0 saturated carbocycles. The predicted molar refractivity (Wildman–Crippen MR) is 116 cm³/mol. The molecule has 1 aliphatic heterocycles. The molecule has 31 heavy (non-hydrogen) atoms. The summed E-state index contributed by atoms with van der Waals surface area (Å²) in [6.07, 6.45) is 0.620. The van der Waals surface area contributed by atoms with Crippen LogP contribution in [0.5, 0.6) is 5.75 Å². The number of methoxy groups -OCH3 is 1. The van der Waals surface area contributed by atoms with Crippen LogP contribution in [0.4, 0.5) is 4.39 Å². The number of benzene rings is 2. The normalized spacial score (nSPS) is 18.1. The van der Waals surface area contributed by atoms with Gasteiger partial charge in [-0.05, 0) is 24.3 Å². The standard InChI is InChI=1S/C23H24ClFN2O4/c1-26(2)11-6-12-27-20(15-7-4-5-8-17(15)25)19(22(29)23(27)30)21(28)14-9-10-18(31-3)16(24)13-14/h4-5,7-10,13,20,28H,6,11-12H2,1-3H3/p+1/b21-19-/t20-/m0/s1. The number of quaternary nitrogens is 1. The van der Waals surface area contributed by atoms with Crippen LogP contribution in [0, 0.1) is 5.82 Å². The van der Waals surface area contributed by atoms with Gasteiger partial charge < -0.3 is 19.6 Å². The van der Waals surface area contributed by atoms with E-state index in [1.807, 2.05) is 14.1 Å². The van der Waals surface area contributed by atoms with Crippen molar-refractivity contribution in [3.63, 3.8) is 0 Å². The second kappa shape index (κ2) is 9.49. The highest BCUT2D eigenvalue weighted by molar-refractivity contribution is 6.46. The Morgan fingerprint density at radius 1 is 1.23 bits per heavy atom. The Bertz CT molecular complexity index is 1040. The van der Waals surface area contributed by atoms with Crippen LogP contribution in [0.3, 0.4) is 0 Å². The van der Waals surface area contributed by atoms with Crippen molar-refractivity contribution in [1.82, 2.24) is 4.90 Å². The van der Waals surface area contributed by atoms with E-state index in [-0.39, 0.29) is 28.3 Å². The lowest BCUT2D eigenvalue weighted by molar-refractivity contribution is -0.858. The topological polar surface area (TPSA) is 71.3 Å². The maximum atomic E-state index is 14.7. The number of amides is 1. The van der Waals surface area contributed by atoms with Crippen molar-refractivity contribution in [2.45, 2.75) is 12.5 Å². The van der Waals surface area contributed by atoms with Crippen LogP contribution < -0.4 is 9.64 Å². The monoisotopic (exact) mass is 447 g/mol. The Kier molecular flexibility index (Phi) is 6.97. The van der Waals surface area contributed by atoms with Gasteiger partial charge in [-0.15, -0.1) is 0 Å². The Labute approximate surface area is 185 Å². The minimum absolute atomic E-state index is 0.153. The molecule has 0 aliphatic carbocycles. The molecule has 1 saturated heterocycles. The van der Waals surface area contributed by atoms with Gasteiger partial charge in [-0.2, -0.15) is 0 Å². The number of aliphatic hydroxyl groups excluding tert-OH is 1. The van der Waals surface area contributed by atoms with Gasteiger partial charge in [-0.25, -0.2) is 4.39 Å². The van der Waals surface area contributed by atoms with E-state index in [1.54, 1.807) is 12.1 Å². The summed E-state index contributed by atoms with van der Waals surface area (Å²) >= 11 is 6.17. The second-order valence-electron chi connectivity index (χ2n) is 7.67. The number of likely N-dealkylation sites (tertiary alicyclic amines) is 1. The third kappa shape index (κ3) is 4.57. The number of ether oxygens (including phenoxy) is 1. The molecule has 1 amide bonds. The fourth-order valence-electron chi connectivity index (χ4n) is 3.70. The minimum atomic E-state index is -1.03. The molecule has 2 aromatic rings. The molecule has 164 valence electrons. The third-order valence-electron chi connectivity index (χ3n) is 5.24. The molecule has 0 aromatic heterocycles. The van der Waals surface area contributed by atoms with E-state index in [0.717, 1.165) is 6.54 Å². The molecule has 6 nitrogen and oxygen atoms in total. The number of Topliss-reactive ketones (excluding diaryl/α,β-unsaturated/α-hetero) is 1. The summed E-state index contributed by atoms with van der Waals surface area (Å²) in [5, 5.41) is 11.2. The van der Waals surface area contributed by atoms with Gasteiger partial charge in [-0.1, -0.05) is 29.8 Å². The highest BCUT2D eigenvalue weighted by Crippen LogP contribution is 2.41. The van der Waals surface area contributed by atoms with Gasteiger partial charge >= 0.3 is 0 Å². The molecule has 8 heteroatoms. The van der Waals surface area contributed by atoms with Crippen molar-refractivity contribution >= 4 is 29.1 Å². The van der Waals surface area contributed by atoms with Gasteiger partial charge in [0.1, 0.15) is 17.3 Å². The summed E-state index contributed by atoms with van der Waals surface area (Å²) < 4.78 is 19.8. The summed E-state index contributed by atoms with van der Waals surface area (Å²) in [7, 11) is 5.42. The Balaban J connectivity index is 2.13. The van der Waals surface area contributed by atoms with Crippen molar-refractivity contribution in [3.8, 4) is 5.75 Å². The highest BCUT2D eigenvalue weighted by atomic mass is 35.5. The van der Waals surface area contributed by atoms with E-state index in [0.29, 0.717) is 12.2 Å². The molecule has 1 fully saturated rings. The van der Waals surface area contributed by atoms with Crippen LogP contribution in [0.15, 0.2) is 48.0 Å². The third-order valence-corrected chi connectivity index (χ3v) is 5.54. The molecule has 0 unspecified atom stereocenters. The van der Waals surface area contributed by atoms with E-state index < -0.39 is 29.3 Å². The summed E-state index contributed by atoms with van der Waals surface area (Å²) in [4.78, 5) is 28.3. The number of nitrogens with zero attached hydrogens (tertiary/aromatic N) is 1. The van der Waals surface area contributed by atoms with Crippen LogP contribution in [-0.2, 0) is 9.59 Å². The van der Waals surface area contributed by atoms with Crippen molar-refractivity contribution in [2.75, 3.05) is 34.3 Å². The van der Waals surface area contributed by atoms with E-state index >= 15 is 0 Å². The number of halogens is 2. The van der Waals surface area contributed by atoms with Crippen LogP contribution in [-0.4, -0.2) is 56.0 Å². The number of carbonyl (C=O) groups is 2. The van der Waals surface area contributed by atoms with Gasteiger partial charge in [-0.3, -0.25) is 9.59 Å². The van der Waals surface area contributed by atoms with Crippen LogP contribution in [0.1, 0.15) is 23.6 Å². The average Bonchev–Trinajstić information content (AvgIpc) is 2.98. The number of carbonyl (C=O) groups excluding carboxylic acids is 2. The maximum Gasteiger partial charge on any atom is 0.295 e. The van der Waals surface area contributed by atoms with E-state index in [1.165, 1.54) is 47.2 Å². The largest absolute Gasteiger partial charge is 0.507 e. The zero-order chi connectivity index (χ0) is 22.7. The lowest BCUT2D eigenvalue weighted by Crippen LogP contribution is -3.05. The fourth-order valence-corrected chi connectivity index (χ4v) is 3.96. The Morgan fingerprint density at radius 2 is 1.94 bits per heavy atom. The molecule has 1 atom stereocenters. The molecule has 0 bridgehead atoms. The molecular weight excluding hydrogens is 423 g/mol. The lowest BCUT2D eigenvalue weighted by atomic mass is 9.95. The number of hydrogen-bond donors (Lipinski definition) is 2. The molecular formula is C23H25ClFN2O4+. The van der Waals surface area contributed by atoms with E-state index in [4.69, 9.17) is 16.3 Å². The summed E-state index contributed by atoms with van der Waals surface area (Å²) in [6.45, 7) is 1.02. The molecule has 1 heterocycles. The fraction of sp³-hybridized carbons (Fsp3) is 0.304. The van der Waals surface area contributed by atoms with Crippen molar-refractivity contribution in [2.24, 2.45) is 0 Å². The van der Waals surface area contributed by atoms with E-state index in [2.05, 4.69) is 0 Å². The van der Waals surface area contributed by atoms with Crippen molar-refractivity contribution in [1.29, 1.82) is 0 Å². The molecule has 1 aliphatic rings. The number of rotatable bonds is 7. The molecule has 0 radical (unpaired) electrons. The van der Waals surface area contributed by atoms with Crippen LogP contribution >= 0.6 is 11.6 Å². The van der Waals surface area contributed by atoms with Crippen LogP contribution in [0.2, 0.25) is 5.02 Å². The van der Waals surface area contributed by atoms with E-state index in [9.17, 15) is 19.1 Å². The quantitative estimate of drug-likeness (QED) is 0.388. The number of nitrogens with one attached hydrogen (secondary N) is 1. The summed E-state index contributed by atoms with van der Waals surface area (Å²) in [6, 6.07) is 9.44. The lowest BCUT2D eigenvalue weighted by Gasteiger charge is -2.25. The van der Waals surface area contributed by atoms with Crippen molar-refractivity contribution in [3.05, 3.63) is 70.0 Å². The number of aliphatic hydroxyl groups is 1. The highest BCUT2D eigenvalue weighted by Gasteiger charge is 2.46. The summed E-state index contributed by atoms with van der Waals surface area (Å²) in [5.41, 5.74) is 0.233. The SMILES string of the molecule is COc1ccc(/C(O)=C2/C(=O)C(=O)N(CCC[NH+](C)C)[C@H]2c2ccccc2F)cc1Cl. The van der Waals surface area contributed by atoms with Gasteiger partial charge in [0, 0.05) is 24.1 Å². The van der Waals surface area contributed by atoms with Crippen LogP contribution in [0.25, 0.3) is 5.76 Å². The molecule has 2 N–H and O–H groups in total. The minimum Gasteiger partial charge on any atom is -0.507 e. The predicted octanol–water partition coefficient (Wildman–Crippen LogP) is 2.44. The number of hydrogen-bond acceptors (Lipinski definition) is 4. The Hall–Kier alpha value is -2.90. The Morgan fingerprint density at radius 3 is 2.55 bits per heavy atom. The van der Waals surface area contributed by atoms with Gasteiger partial charge in [0.2, 0.25) is 0 Å². The smallest absolute Gasteiger partial charge is 0.295 e. The first-order valence-electron chi connectivity index (χ1n) is 9.92. The first-order valence-corrected chi connectivity index (χ1v) is 10.3. The molecule has 3 rings (SSSR count).